The monoisotopic (exact) mass is 294 g/mol. The van der Waals surface area contributed by atoms with Crippen molar-refractivity contribution in [2.75, 3.05) is 0 Å². The topological polar surface area (TPSA) is 37.3 Å². The molecule has 21 heavy (non-hydrogen) atoms. The first-order valence-electron chi connectivity index (χ1n) is 6.63. The van der Waals surface area contributed by atoms with Gasteiger partial charge in [0.25, 0.3) is 0 Å². The van der Waals surface area contributed by atoms with Crippen molar-refractivity contribution < 1.29 is 9.90 Å². The molecule has 0 aliphatic rings. The Morgan fingerprint density at radius 2 is 1.90 bits per heavy atom. The van der Waals surface area contributed by atoms with Crippen molar-refractivity contribution in [3.05, 3.63) is 70.6 Å². The van der Waals surface area contributed by atoms with Gasteiger partial charge in [0.15, 0.2) is 0 Å². The van der Waals surface area contributed by atoms with Crippen LogP contribution in [0.15, 0.2) is 53.9 Å². The van der Waals surface area contributed by atoms with Crippen molar-refractivity contribution in [1.29, 1.82) is 0 Å². The van der Waals surface area contributed by atoms with Crippen LogP contribution in [0.25, 0.3) is 21.7 Å². The quantitative estimate of drug-likeness (QED) is 0.702. The van der Waals surface area contributed by atoms with Gasteiger partial charge in [0.2, 0.25) is 0 Å². The van der Waals surface area contributed by atoms with E-state index in [4.69, 9.17) is 0 Å². The first-order chi connectivity index (χ1) is 10.1. The van der Waals surface area contributed by atoms with Gasteiger partial charge in [0, 0.05) is 21.0 Å². The molecule has 3 heteroatoms. The first-order valence-corrected chi connectivity index (χ1v) is 7.51. The van der Waals surface area contributed by atoms with Gasteiger partial charge in [-0.05, 0) is 30.7 Å². The summed E-state index contributed by atoms with van der Waals surface area (Å²) in [5.41, 5.74) is 3.14. The SMILES string of the molecule is Cc1ccc2scc(/C(=C\c3ccccc3)C(=O)O)c2c1. The molecule has 0 bridgehead atoms. The third-order valence-electron chi connectivity index (χ3n) is 3.36. The molecule has 1 aromatic heterocycles. The highest BCUT2D eigenvalue weighted by Gasteiger charge is 2.15. The Morgan fingerprint density at radius 3 is 2.62 bits per heavy atom. The molecule has 0 aliphatic heterocycles. The average molecular weight is 294 g/mol. The Labute approximate surface area is 127 Å². The van der Waals surface area contributed by atoms with E-state index in [1.54, 1.807) is 17.4 Å². The number of benzene rings is 2. The lowest BCUT2D eigenvalue weighted by atomic mass is 10.0. The molecule has 3 rings (SSSR count). The molecular weight excluding hydrogens is 280 g/mol. The largest absolute Gasteiger partial charge is 0.478 e. The van der Waals surface area contributed by atoms with Gasteiger partial charge in [0.1, 0.15) is 0 Å². The number of fused-ring (bicyclic) bond motifs is 1. The zero-order valence-corrected chi connectivity index (χ0v) is 12.4. The highest BCUT2D eigenvalue weighted by atomic mass is 32.1. The van der Waals surface area contributed by atoms with Gasteiger partial charge in [-0.1, -0.05) is 42.0 Å². The molecule has 0 saturated carbocycles. The number of hydrogen-bond donors (Lipinski definition) is 1. The molecular formula is C18H14O2S. The van der Waals surface area contributed by atoms with Gasteiger partial charge in [-0.25, -0.2) is 4.79 Å². The van der Waals surface area contributed by atoms with E-state index in [0.29, 0.717) is 5.57 Å². The third kappa shape index (κ3) is 2.73. The molecule has 0 unspecified atom stereocenters. The molecule has 0 atom stereocenters. The van der Waals surface area contributed by atoms with Gasteiger partial charge in [0.05, 0.1) is 5.57 Å². The Hall–Kier alpha value is -2.39. The van der Waals surface area contributed by atoms with E-state index in [2.05, 4.69) is 0 Å². The van der Waals surface area contributed by atoms with Gasteiger partial charge < -0.3 is 5.11 Å². The molecule has 0 saturated heterocycles. The standard InChI is InChI=1S/C18H14O2S/c1-12-7-8-17-14(9-12)16(11-21-17)15(18(19)20)10-13-5-3-2-4-6-13/h2-11H,1H3,(H,19,20)/b15-10+. The summed E-state index contributed by atoms with van der Waals surface area (Å²) in [6, 6.07) is 15.7. The number of rotatable bonds is 3. The van der Waals surface area contributed by atoms with E-state index >= 15 is 0 Å². The minimum Gasteiger partial charge on any atom is -0.478 e. The number of aryl methyl sites for hydroxylation is 1. The fourth-order valence-corrected chi connectivity index (χ4v) is 3.26. The number of aliphatic carboxylic acids is 1. The summed E-state index contributed by atoms with van der Waals surface area (Å²) < 4.78 is 1.11. The average Bonchev–Trinajstić information content (AvgIpc) is 2.88. The van der Waals surface area contributed by atoms with Crippen LogP contribution in [0.4, 0.5) is 0 Å². The molecule has 1 heterocycles. The highest BCUT2D eigenvalue weighted by molar-refractivity contribution is 7.17. The van der Waals surface area contributed by atoms with Crippen LogP contribution in [0.5, 0.6) is 0 Å². The van der Waals surface area contributed by atoms with E-state index in [1.165, 1.54) is 0 Å². The second-order valence-electron chi connectivity index (χ2n) is 4.92. The van der Waals surface area contributed by atoms with Crippen LogP contribution in [0.2, 0.25) is 0 Å². The van der Waals surface area contributed by atoms with Gasteiger partial charge >= 0.3 is 5.97 Å². The normalized spacial score (nSPS) is 11.8. The number of carboxylic acids is 1. The number of hydrogen-bond acceptors (Lipinski definition) is 2. The zero-order chi connectivity index (χ0) is 14.8. The van der Waals surface area contributed by atoms with Crippen molar-refractivity contribution in [3.8, 4) is 0 Å². The Balaban J connectivity index is 2.19. The summed E-state index contributed by atoms with van der Waals surface area (Å²) in [5, 5.41) is 12.5. The van der Waals surface area contributed by atoms with E-state index < -0.39 is 5.97 Å². The van der Waals surface area contributed by atoms with Crippen LogP contribution in [0.1, 0.15) is 16.7 Å². The van der Waals surface area contributed by atoms with Gasteiger partial charge in [-0.2, -0.15) is 0 Å². The van der Waals surface area contributed by atoms with Crippen molar-refractivity contribution in [1.82, 2.24) is 0 Å². The lowest BCUT2D eigenvalue weighted by molar-refractivity contribution is -0.130. The molecule has 0 spiro atoms. The summed E-state index contributed by atoms with van der Waals surface area (Å²) >= 11 is 1.57. The summed E-state index contributed by atoms with van der Waals surface area (Å²) in [5.74, 6) is -0.903. The van der Waals surface area contributed by atoms with Crippen molar-refractivity contribution >= 4 is 39.0 Å². The summed E-state index contributed by atoms with van der Waals surface area (Å²) in [6.45, 7) is 2.02. The third-order valence-corrected chi connectivity index (χ3v) is 4.32. The molecule has 3 aromatic rings. The first kappa shape index (κ1) is 13.6. The molecule has 0 aliphatic carbocycles. The predicted molar refractivity (Wildman–Crippen MR) is 88.5 cm³/mol. The molecule has 2 nitrogen and oxygen atoms in total. The molecule has 0 fully saturated rings. The Morgan fingerprint density at radius 1 is 1.14 bits per heavy atom. The lowest BCUT2D eigenvalue weighted by Gasteiger charge is -2.03. The fourth-order valence-electron chi connectivity index (χ4n) is 2.32. The number of carbonyl (C=O) groups is 1. The van der Waals surface area contributed by atoms with Gasteiger partial charge in [-0.3, -0.25) is 0 Å². The van der Waals surface area contributed by atoms with Crippen LogP contribution < -0.4 is 0 Å². The van der Waals surface area contributed by atoms with Crippen LogP contribution in [0.3, 0.4) is 0 Å². The van der Waals surface area contributed by atoms with Crippen molar-refractivity contribution in [3.63, 3.8) is 0 Å². The second kappa shape index (κ2) is 5.54. The van der Waals surface area contributed by atoms with E-state index in [1.807, 2.05) is 60.8 Å². The summed E-state index contributed by atoms with van der Waals surface area (Å²) in [6.07, 6.45) is 1.73. The maximum Gasteiger partial charge on any atom is 0.336 e. The van der Waals surface area contributed by atoms with Crippen LogP contribution in [0, 0.1) is 6.92 Å². The maximum atomic E-state index is 11.7. The molecule has 0 amide bonds. The van der Waals surface area contributed by atoms with Crippen LogP contribution in [-0.2, 0) is 4.79 Å². The maximum absolute atomic E-state index is 11.7. The van der Waals surface area contributed by atoms with E-state index in [9.17, 15) is 9.90 Å². The predicted octanol–water partition coefficient (Wildman–Crippen LogP) is 4.83. The van der Waals surface area contributed by atoms with Crippen LogP contribution >= 0.6 is 11.3 Å². The van der Waals surface area contributed by atoms with E-state index in [0.717, 1.165) is 26.8 Å². The molecule has 1 N–H and O–H groups in total. The smallest absolute Gasteiger partial charge is 0.336 e. The fraction of sp³-hybridized carbons (Fsp3) is 0.0556. The minimum absolute atomic E-state index is 0.332. The molecule has 104 valence electrons. The van der Waals surface area contributed by atoms with Crippen molar-refractivity contribution in [2.24, 2.45) is 0 Å². The summed E-state index contributed by atoms with van der Waals surface area (Å²) in [4.78, 5) is 11.7. The number of carboxylic acid groups (broad SMARTS) is 1. The highest BCUT2D eigenvalue weighted by Crippen LogP contribution is 2.32. The minimum atomic E-state index is -0.903. The number of thiophene rings is 1. The van der Waals surface area contributed by atoms with Crippen LogP contribution in [-0.4, -0.2) is 11.1 Å². The summed E-state index contributed by atoms with van der Waals surface area (Å²) in [7, 11) is 0. The van der Waals surface area contributed by atoms with Crippen molar-refractivity contribution in [2.45, 2.75) is 6.92 Å². The van der Waals surface area contributed by atoms with E-state index in [-0.39, 0.29) is 0 Å². The lowest BCUT2D eigenvalue weighted by Crippen LogP contribution is -1.99. The second-order valence-corrected chi connectivity index (χ2v) is 5.83. The Kier molecular flexibility index (Phi) is 3.59. The molecule has 0 radical (unpaired) electrons. The Bertz CT molecular complexity index is 829. The van der Waals surface area contributed by atoms with Gasteiger partial charge in [-0.15, -0.1) is 11.3 Å². The molecule has 2 aromatic carbocycles. The zero-order valence-electron chi connectivity index (χ0n) is 11.5.